The normalized spacial score (nSPS) is 24.6. The third-order valence-corrected chi connectivity index (χ3v) is 3.70. The van der Waals surface area contributed by atoms with Crippen molar-refractivity contribution >= 4 is 5.97 Å². The summed E-state index contributed by atoms with van der Waals surface area (Å²) in [4.78, 5) is 11.2. The Morgan fingerprint density at radius 3 is 2.76 bits per heavy atom. The van der Waals surface area contributed by atoms with Gasteiger partial charge in [-0.15, -0.1) is 0 Å². The molecular weight excluding hydrogens is 214 g/mol. The smallest absolute Gasteiger partial charge is 0.305 e. The largest absolute Gasteiger partial charge is 0.466 e. The number of ether oxygens (including phenoxy) is 1. The number of rotatable bonds is 7. The Kier molecular flexibility index (Phi) is 7.25. The monoisotopic (exact) mass is 241 g/mol. The maximum absolute atomic E-state index is 11.2. The minimum Gasteiger partial charge on any atom is -0.466 e. The van der Waals surface area contributed by atoms with Crippen LogP contribution in [0.15, 0.2) is 0 Å². The van der Waals surface area contributed by atoms with Crippen molar-refractivity contribution in [1.29, 1.82) is 0 Å². The van der Waals surface area contributed by atoms with Crippen molar-refractivity contribution in [2.75, 3.05) is 13.2 Å². The van der Waals surface area contributed by atoms with Gasteiger partial charge in [0, 0.05) is 12.5 Å². The van der Waals surface area contributed by atoms with E-state index in [0.29, 0.717) is 19.1 Å². The van der Waals surface area contributed by atoms with Crippen LogP contribution in [0.3, 0.4) is 0 Å². The van der Waals surface area contributed by atoms with Gasteiger partial charge in [-0.2, -0.15) is 0 Å². The van der Waals surface area contributed by atoms with Crippen molar-refractivity contribution in [2.24, 2.45) is 5.92 Å². The van der Waals surface area contributed by atoms with Crippen LogP contribution in [0.5, 0.6) is 0 Å². The fourth-order valence-corrected chi connectivity index (χ4v) is 2.72. The summed E-state index contributed by atoms with van der Waals surface area (Å²) in [6, 6.07) is 0.677. The van der Waals surface area contributed by atoms with Crippen LogP contribution in [-0.4, -0.2) is 25.2 Å². The topological polar surface area (TPSA) is 38.3 Å². The average Bonchev–Trinajstić information content (AvgIpc) is 2.35. The zero-order valence-corrected chi connectivity index (χ0v) is 11.3. The molecule has 2 atom stereocenters. The summed E-state index contributed by atoms with van der Waals surface area (Å²) >= 11 is 0. The number of hydrogen-bond acceptors (Lipinski definition) is 3. The van der Waals surface area contributed by atoms with E-state index in [1.54, 1.807) is 0 Å². The van der Waals surface area contributed by atoms with Gasteiger partial charge in [-0.1, -0.05) is 26.2 Å². The lowest BCUT2D eigenvalue weighted by Gasteiger charge is -2.31. The van der Waals surface area contributed by atoms with Crippen LogP contribution >= 0.6 is 0 Å². The quantitative estimate of drug-likeness (QED) is 0.550. The van der Waals surface area contributed by atoms with Gasteiger partial charge in [0.2, 0.25) is 0 Å². The van der Waals surface area contributed by atoms with Gasteiger partial charge in [0.15, 0.2) is 0 Å². The summed E-state index contributed by atoms with van der Waals surface area (Å²) in [6.45, 7) is 5.57. The highest BCUT2D eigenvalue weighted by molar-refractivity contribution is 5.69. The second kappa shape index (κ2) is 8.51. The van der Waals surface area contributed by atoms with Crippen molar-refractivity contribution < 1.29 is 9.53 Å². The predicted octanol–water partition coefficient (Wildman–Crippen LogP) is 2.89. The molecule has 0 heterocycles. The van der Waals surface area contributed by atoms with Crippen molar-refractivity contribution in [1.82, 2.24) is 5.32 Å². The zero-order chi connectivity index (χ0) is 12.5. The SMILES string of the molecule is CCOC(=O)CCCNC1CCCCC1CC. The van der Waals surface area contributed by atoms with E-state index >= 15 is 0 Å². The molecule has 0 radical (unpaired) electrons. The minimum absolute atomic E-state index is 0.0648. The third-order valence-electron chi connectivity index (χ3n) is 3.70. The Labute approximate surface area is 105 Å². The Morgan fingerprint density at radius 1 is 1.29 bits per heavy atom. The maximum atomic E-state index is 11.2. The number of esters is 1. The molecule has 1 rings (SSSR count). The van der Waals surface area contributed by atoms with Gasteiger partial charge in [0.05, 0.1) is 6.61 Å². The fourth-order valence-electron chi connectivity index (χ4n) is 2.72. The van der Waals surface area contributed by atoms with E-state index in [4.69, 9.17) is 4.74 Å². The summed E-state index contributed by atoms with van der Waals surface area (Å²) in [5, 5.41) is 3.61. The summed E-state index contributed by atoms with van der Waals surface area (Å²) in [7, 11) is 0. The second-order valence-corrected chi connectivity index (χ2v) is 4.92. The molecule has 0 aliphatic heterocycles. The zero-order valence-electron chi connectivity index (χ0n) is 11.3. The van der Waals surface area contributed by atoms with Crippen LogP contribution in [0.1, 0.15) is 58.8 Å². The van der Waals surface area contributed by atoms with Crippen LogP contribution in [0.25, 0.3) is 0 Å². The van der Waals surface area contributed by atoms with Crippen molar-refractivity contribution in [2.45, 2.75) is 64.8 Å². The number of hydrogen-bond donors (Lipinski definition) is 1. The van der Waals surface area contributed by atoms with Crippen LogP contribution in [-0.2, 0) is 9.53 Å². The molecular formula is C14H27NO2. The molecule has 0 aromatic rings. The molecule has 0 saturated heterocycles. The van der Waals surface area contributed by atoms with E-state index in [9.17, 15) is 4.79 Å². The molecule has 3 nitrogen and oxygen atoms in total. The van der Waals surface area contributed by atoms with Gasteiger partial charge in [-0.05, 0) is 38.6 Å². The van der Waals surface area contributed by atoms with Gasteiger partial charge < -0.3 is 10.1 Å². The summed E-state index contributed by atoms with van der Waals surface area (Å²) in [6.07, 6.45) is 8.13. The summed E-state index contributed by atoms with van der Waals surface area (Å²) < 4.78 is 4.91. The summed E-state index contributed by atoms with van der Waals surface area (Å²) in [5.41, 5.74) is 0. The molecule has 1 fully saturated rings. The van der Waals surface area contributed by atoms with E-state index in [-0.39, 0.29) is 5.97 Å². The standard InChI is InChI=1S/C14H27NO2/c1-3-12-8-5-6-9-13(12)15-11-7-10-14(16)17-4-2/h12-13,15H,3-11H2,1-2H3. The third kappa shape index (κ3) is 5.53. The highest BCUT2D eigenvalue weighted by Gasteiger charge is 2.22. The van der Waals surface area contributed by atoms with Crippen LogP contribution in [0.4, 0.5) is 0 Å². The molecule has 1 N–H and O–H groups in total. The van der Waals surface area contributed by atoms with E-state index in [0.717, 1.165) is 18.9 Å². The van der Waals surface area contributed by atoms with E-state index in [1.165, 1.54) is 32.1 Å². The molecule has 0 aromatic carbocycles. The van der Waals surface area contributed by atoms with Crippen molar-refractivity contribution in [3.05, 3.63) is 0 Å². The lowest BCUT2D eigenvalue weighted by molar-refractivity contribution is -0.143. The molecule has 17 heavy (non-hydrogen) atoms. The first-order valence-electron chi connectivity index (χ1n) is 7.16. The van der Waals surface area contributed by atoms with Gasteiger partial charge in [0.1, 0.15) is 0 Å². The molecule has 100 valence electrons. The molecule has 0 aromatic heterocycles. The van der Waals surface area contributed by atoms with Gasteiger partial charge in [-0.3, -0.25) is 4.79 Å². The number of carbonyl (C=O) groups excluding carboxylic acids is 1. The fraction of sp³-hybridized carbons (Fsp3) is 0.929. The molecule has 3 heteroatoms. The van der Waals surface area contributed by atoms with Gasteiger partial charge >= 0.3 is 5.97 Å². The highest BCUT2D eigenvalue weighted by atomic mass is 16.5. The molecule has 0 bridgehead atoms. The Hall–Kier alpha value is -0.570. The van der Waals surface area contributed by atoms with E-state index < -0.39 is 0 Å². The molecule has 1 aliphatic carbocycles. The lowest BCUT2D eigenvalue weighted by atomic mass is 9.83. The van der Waals surface area contributed by atoms with E-state index in [2.05, 4.69) is 12.2 Å². The highest BCUT2D eigenvalue weighted by Crippen LogP contribution is 2.26. The Bertz CT molecular complexity index is 218. The Balaban J connectivity index is 2.10. The van der Waals surface area contributed by atoms with Gasteiger partial charge in [0.25, 0.3) is 0 Å². The number of nitrogens with one attached hydrogen (secondary N) is 1. The maximum Gasteiger partial charge on any atom is 0.305 e. The van der Waals surface area contributed by atoms with Crippen LogP contribution in [0.2, 0.25) is 0 Å². The van der Waals surface area contributed by atoms with Gasteiger partial charge in [-0.25, -0.2) is 0 Å². The molecule has 0 spiro atoms. The van der Waals surface area contributed by atoms with Crippen molar-refractivity contribution in [3.8, 4) is 0 Å². The van der Waals surface area contributed by atoms with Crippen LogP contribution < -0.4 is 5.32 Å². The Morgan fingerprint density at radius 2 is 2.06 bits per heavy atom. The number of carbonyl (C=O) groups is 1. The first-order chi connectivity index (χ1) is 8.27. The second-order valence-electron chi connectivity index (χ2n) is 4.92. The molecule has 1 aliphatic rings. The van der Waals surface area contributed by atoms with E-state index in [1.807, 2.05) is 6.92 Å². The predicted molar refractivity (Wildman–Crippen MR) is 69.9 cm³/mol. The minimum atomic E-state index is -0.0648. The van der Waals surface area contributed by atoms with Crippen LogP contribution in [0, 0.1) is 5.92 Å². The lowest BCUT2D eigenvalue weighted by Crippen LogP contribution is -2.38. The molecule has 1 saturated carbocycles. The molecule has 0 amide bonds. The average molecular weight is 241 g/mol. The first kappa shape index (κ1) is 14.5. The van der Waals surface area contributed by atoms with Crippen molar-refractivity contribution in [3.63, 3.8) is 0 Å². The molecule has 2 unspecified atom stereocenters. The summed E-state index contributed by atoms with van der Waals surface area (Å²) in [5.74, 6) is 0.774. The first-order valence-corrected chi connectivity index (χ1v) is 7.16.